The molecule has 0 spiro atoms. The molecule has 0 bridgehead atoms. The van der Waals surface area contributed by atoms with E-state index in [0.29, 0.717) is 25.9 Å². The molecule has 1 aliphatic rings. The summed E-state index contributed by atoms with van der Waals surface area (Å²) in [6, 6.07) is 10.2. The molecule has 0 aromatic heterocycles. The largest absolute Gasteiger partial charge is 0.377 e. The molecule has 0 amide bonds. The Hall–Kier alpha value is -0.940. The van der Waals surface area contributed by atoms with Crippen LogP contribution in [0.4, 0.5) is 0 Å². The van der Waals surface area contributed by atoms with Crippen LogP contribution in [0.2, 0.25) is 0 Å². The van der Waals surface area contributed by atoms with Crippen LogP contribution < -0.4 is 5.32 Å². The summed E-state index contributed by atoms with van der Waals surface area (Å²) < 4.78 is 16.8. The van der Waals surface area contributed by atoms with Crippen molar-refractivity contribution < 1.29 is 14.2 Å². The summed E-state index contributed by atoms with van der Waals surface area (Å²) >= 11 is 0. The van der Waals surface area contributed by atoms with E-state index in [1.165, 1.54) is 5.56 Å². The topological polar surface area (TPSA) is 39.7 Å². The average molecular weight is 265 g/mol. The van der Waals surface area contributed by atoms with Gasteiger partial charge in [-0.15, -0.1) is 0 Å². The molecule has 1 aromatic carbocycles. The van der Waals surface area contributed by atoms with Gasteiger partial charge in [-0.2, -0.15) is 0 Å². The maximum atomic E-state index is 5.79. The van der Waals surface area contributed by atoms with Crippen LogP contribution in [-0.2, 0) is 20.8 Å². The van der Waals surface area contributed by atoms with Crippen molar-refractivity contribution in [3.8, 4) is 0 Å². The molecule has 0 saturated carbocycles. The minimum absolute atomic E-state index is 0.00399. The van der Waals surface area contributed by atoms with E-state index in [9.17, 15) is 0 Å². The van der Waals surface area contributed by atoms with Gasteiger partial charge in [-0.1, -0.05) is 30.3 Å². The quantitative estimate of drug-likeness (QED) is 0.775. The number of hydrogen-bond donors (Lipinski definition) is 1. The zero-order valence-corrected chi connectivity index (χ0v) is 11.5. The van der Waals surface area contributed by atoms with Gasteiger partial charge in [0, 0.05) is 13.7 Å². The van der Waals surface area contributed by atoms with Crippen molar-refractivity contribution in [1.82, 2.24) is 5.32 Å². The molecule has 0 radical (unpaired) electrons. The van der Waals surface area contributed by atoms with Crippen LogP contribution in [0.1, 0.15) is 12.0 Å². The van der Waals surface area contributed by atoms with E-state index in [2.05, 4.69) is 17.4 Å². The lowest BCUT2D eigenvalue weighted by atomic mass is 10.2. The van der Waals surface area contributed by atoms with Crippen molar-refractivity contribution in [2.75, 3.05) is 33.4 Å². The van der Waals surface area contributed by atoms with Gasteiger partial charge in [0.1, 0.15) is 6.10 Å². The number of ether oxygens (including phenoxy) is 3. The lowest BCUT2D eigenvalue weighted by Gasteiger charge is -2.18. The van der Waals surface area contributed by atoms with E-state index >= 15 is 0 Å². The summed E-state index contributed by atoms with van der Waals surface area (Å²) in [4.78, 5) is 0. The maximum absolute atomic E-state index is 5.79. The van der Waals surface area contributed by atoms with Gasteiger partial charge in [-0.3, -0.25) is 0 Å². The molecule has 2 rings (SSSR count). The Balaban J connectivity index is 1.61. The van der Waals surface area contributed by atoms with Gasteiger partial charge in [-0.05, 0) is 18.5 Å². The average Bonchev–Trinajstić information content (AvgIpc) is 2.97. The monoisotopic (exact) mass is 265 g/mol. The fourth-order valence-electron chi connectivity index (χ4n) is 2.08. The van der Waals surface area contributed by atoms with Gasteiger partial charge < -0.3 is 19.5 Å². The Kier molecular flexibility index (Phi) is 6.30. The van der Waals surface area contributed by atoms with Crippen LogP contribution in [0.15, 0.2) is 30.3 Å². The molecule has 1 N–H and O–H groups in total. The van der Waals surface area contributed by atoms with E-state index in [-0.39, 0.29) is 6.10 Å². The Morgan fingerprint density at radius 3 is 2.79 bits per heavy atom. The van der Waals surface area contributed by atoms with E-state index in [4.69, 9.17) is 14.2 Å². The molecular weight excluding hydrogens is 242 g/mol. The molecule has 1 heterocycles. The molecule has 1 fully saturated rings. The standard InChI is InChI=1S/C15H23NO3/c1-17-15(12-19-14-7-8-16-9-14)11-18-10-13-5-3-2-4-6-13/h2-6,14-16H,7-12H2,1H3. The third kappa shape index (κ3) is 5.28. The molecule has 19 heavy (non-hydrogen) atoms. The zero-order valence-electron chi connectivity index (χ0n) is 11.5. The molecule has 4 heteroatoms. The van der Waals surface area contributed by atoms with Crippen molar-refractivity contribution in [1.29, 1.82) is 0 Å². The van der Waals surface area contributed by atoms with Gasteiger partial charge in [0.2, 0.25) is 0 Å². The molecule has 106 valence electrons. The number of nitrogens with one attached hydrogen (secondary N) is 1. The predicted octanol–water partition coefficient (Wildman–Crippen LogP) is 1.60. The normalized spacial score (nSPS) is 20.6. The van der Waals surface area contributed by atoms with E-state index in [1.807, 2.05) is 18.2 Å². The molecule has 2 atom stereocenters. The summed E-state index contributed by atoms with van der Waals surface area (Å²) in [6.07, 6.45) is 1.41. The van der Waals surface area contributed by atoms with Gasteiger partial charge in [-0.25, -0.2) is 0 Å². The first-order valence-electron chi connectivity index (χ1n) is 6.85. The number of benzene rings is 1. The lowest BCUT2D eigenvalue weighted by molar-refractivity contribution is -0.0606. The lowest BCUT2D eigenvalue weighted by Crippen LogP contribution is -2.28. The highest BCUT2D eigenvalue weighted by molar-refractivity contribution is 5.13. The SMILES string of the molecule is COC(COCc1ccccc1)COC1CCNC1. The number of rotatable bonds is 8. The molecule has 4 nitrogen and oxygen atoms in total. The van der Waals surface area contributed by atoms with Crippen LogP contribution in [-0.4, -0.2) is 45.6 Å². The Bertz CT molecular complexity index is 339. The zero-order chi connectivity index (χ0) is 13.3. The highest BCUT2D eigenvalue weighted by Crippen LogP contribution is 2.06. The van der Waals surface area contributed by atoms with Crippen molar-refractivity contribution in [3.63, 3.8) is 0 Å². The van der Waals surface area contributed by atoms with Crippen LogP contribution in [0.5, 0.6) is 0 Å². The van der Waals surface area contributed by atoms with Gasteiger partial charge >= 0.3 is 0 Å². The first kappa shape index (κ1) is 14.5. The maximum Gasteiger partial charge on any atom is 0.104 e. The first-order chi connectivity index (χ1) is 9.38. The van der Waals surface area contributed by atoms with Gasteiger partial charge in [0.25, 0.3) is 0 Å². The van der Waals surface area contributed by atoms with Crippen LogP contribution in [0, 0.1) is 0 Å². The smallest absolute Gasteiger partial charge is 0.104 e. The Morgan fingerprint density at radius 1 is 1.26 bits per heavy atom. The number of methoxy groups -OCH3 is 1. The minimum atomic E-state index is 0.00399. The minimum Gasteiger partial charge on any atom is -0.377 e. The molecule has 1 aliphatic heterocycles. The van der Waals surface area contributed by atoms with Crippen molar-refractivity contribution >= 4 is 0 Å². The Labute approximate surface area is 115 Å². The van der Waals surface area contributed by atoms with E-state index in [0.717, 1.165) is 19.5 Å². The second kappa shape index (κ2) is 8.27. The van der Waals surface area contributed by atoms with Crippen molar-refractivity contribution in [3.05, 3.63) is 35.9 Å². The molecule has 1 aromatic rings. The van der Waals surface area contributed by atoms with Crippen molar-refractivity contribution in [2.45, 2.75) is 25.2 Å². The summed E-state index contributed by atoms with van der Waals surface area (Å²) in [7, 11) is 1.70. The molecule has 2 unspecified atom stereocenters. The van der Waals surface area contributed by atoms with Gasteiger partial charge in [0.05, 0.1) is 25.9 Å². The van der Waals surface area contributed by atoms with E-state index < -0.39 is 0 Å². The fraction of sp³-hybridized carbons (Fsp3) is 0.600. The third-order valence-corrected chi connectivity index (χ3v) is 3.28. The Morgan fingerprint density at radius 2 is 2.11 bits per heavy atom. The van der Waals surface area contributed by atoms with Crippen LogP contribution in [0.3, 0.4) is 0 Å². The summed E-state index contributed by atoms with van der Waals surface area (Å²) in [6.45, 7) is 3.77. The molecule has 0 aliphatic carbocycles. The second-order valence-electron chi connectivity index (χ2n) is 4.81. The highest BCUT2D eigenvalue weighted by atomic mass is 16.6. The first-order valence-corrected chi connectivity index (χ1v) is 6.85. The van der Waals surface area contributed by atoms with Crippen LogP contribution >= 0.6 is 0 Å². The third-order valence-electron chi connectivity index (χ3n) is 3.28. The summed E-state index contributed by atoms with van der Waals surface area (Å²) in [5.41, 5.74) is 1.18. The van der Waals surface area contributed by atoms with Gasteiger partial charge in [0.15, 0.2) is 0 Å². The fourth-order valence-corrected chi connectivity index (χ4v) is 2.08. The number of hydrogen-bond acceptors (Lipinski definition) is 4. The second-order valence-corrected chi connectivity index (χ2v) is 4.81. The molecular formula is C15H23NO3. The predicted molar refractivity (Wildman–Crippen MR) is 74.1 cm³/mol. The van der Waals surface area contributed by atoms with E-state index in [1.54, 1.807) is 7.11 Å². The van der Waals surface area contributed by atoms with Crippen LogP contribution in [0.25, 0.3) is 0 Å². The molecule has 1 saturated heterocycles. The highest BCUT2D eigenvalue weighted by Gasteiger charge is 2.17. The summed E-state index contributed by atoms with van der Waals surface area (Å²) in [5.74, 6) is 0. The summed E-state index contributed by atoms with van der Waals surface area (Å²) in [5, 5.41) is 3.28. The van der Waals surface area contributed by atoms with Crippen molar-refractivity contribution in [2.24, 2.45) is 0 Å².